The van der Waals surface area contributed by atoms with Gasteiger partial charge in [0.15, 0.2) is 0 Å². The van der Waals surface area contributed by atoms with Crippen molar-refractivity contribution in [3.8, 4) is 11.4 Å². The molecule has 1 N–H and O–H groups in total. The van der Waals surface area contributed by atoms with Gasteiger partial charge in [-0.1, -0.05) is 56.5 Å². The van der Waals surface area contributed by atoms with Gasteiger partial charge < -0.3 is 5.32 Å². The fraction of sp³-hybridized carbons (Fsp3) is 0.600. The average Bonchev–Trinajstić information content (AvgIpc) is 3.30. The number of unbranched alkanes of at least 4 members (excludes halogenated alkanes) is 1. The Balaban J connectivity index is 1.41. The Hall–Kier alpha value is -2.24. The lowest BCUT2D eigenvalue weighted by Gasteiger charge is -2.20. The molecule has 6 nitrogen and oxygen atoms in total. The van der Waals surface area contributed by atoms with Crippen molar-refractivity contribution in [3.63, 3.8) is 0 Å². The van der Waals surface area contributed by atoms with Crippen molar-refractivity contribution in [1.82, 2.24) is 25.5 Å². The van der Waals surface area contributed by atoms with E-state index < -0.39 is 0 Å². The van der Waals surface area contributed by atoms with Crippen LogP contribution in [0.15, 0.2) is 30.3 Å². The highest BCUT2D eigenvalue weighted by atomic mass is 16.1. The number of aryl methyl sites for hydroxylation is 1. The zero-order chi connectivity index (χ0) is 18.2. The molecule has 0 spiro atoms. The summed E-state index contributed by atoms with van der Waals surface area (Å²) in [6.07, 6.45) is 8.60. The summed E-state index contributed by atoms with van der Waals surface area (Å²) in [5, 5.41) is 15.8. The molecule has 2 atom stereocenters. The first-order valence-corrected chi connectivity index (χ1v) is 9.89. The summed E-state index contributed by atoms with van der Waals surface area (Å²) in [5.74, 6) is 1.45. The molecule has 1 aliphatic carbocycles. The van der Waals surface area contributed by atoms with Gasteiger partial charge >= 0.3 is 0 Å². The Morgan fingerprint density at radius 3 is 2.88 bits per heavy atom. The highest BCUT2D eigenvalue weighted by Crippen LogP contribution is 2.29. The van der Waals surface area contributed by atoms with Gasteiger partial charge in [-0.3, -0.25) is 4.79 Å². The second-order valence-electron chi connectivity index (χ2n) is 7.19. The molecule has 1 aromatic carbocycles. The van der Waals surface area contributed by atoms with Crippen molar-refractivity contribution in [3.05, 3.63) is 30.3 Å². The minimum Gasteiger partial charge on any atom is -0.353 e. The van der Waals surface area contributed by atoms with Crippen molar-refractivity contribution in [1.29, 1.82) is 0 Å². The normalized spacial score (nSPS) is 19.6. The highest BCUT2D eigenvalue weighted by Gasteiger charge is 2.27. The molecule has 0 bridgehead atoms. The molecule has 2 unspecified atom stereocenters. The van der Waals surface area contributed by atoms with E-state index in [2.05, 4.69) is 27.7 Å². The molecule has 1 amide bonds. The van der Waals surface area contributed by atoms with Gasteiger partial charge in [0, 0.05) is 18.0 Å². The van der Waals surface area contributed by atoms with Gasteiger partial charge in [0.2, 0.25) is 11.7 Å². The van der Waals surface area contributed by atoms with E-state index in [1.54, 1.807) is 4.80 Å². The van der Waals surface area contributed by atoms with Gasteiger partial charge in [-0.2, -0.15) is 4.80 Å². The Kier molecular flexibility index (Phi) is 6.75. The molecule has 1 aliphatic rings. The average molecular weight is 355 g/mol. The first kappa shape index (κ1) is 18.5. The second-order valence-corrected chi connectivity index (χ2v) is 7.19. The first-order chi connectivity index (χ1) is 12.8. The third kappa shape index (κ3) is 5.13. The standard InChI is InChI=1S/C20H29N5O/c1-2-3-9-16-12-7-13-18(16)21-19(26)14-8-15-25-23-20(22-24-25)17-10-5-4-6-11-17/h4-6,10-11,16,18H,2-3,7-9,12-15H2,1H3,(H,21,26). The van der Waals surface area contributed by atoms with E-state index in [0.29, 0.717) is 30.7 Å². The maximum absolute atomic E-state index is 12.3. The minimum atomic E-state index is 0.154. The van der Waals surface area contributed by atoms with Gasteiger partial charge in [0.1, 0.15) is 0 Å². The van der Waals surface area contributed by atoms with E-state index in [1.807, 2.05) is 30.3 Å². The zero-order valence-electron chi connectivity index (χ0n) is 15.6. The molecule has 6 heteroatoms. The highest BCUT2D eigenvalue weighted by molar-refractivity contribution is 5.76. The lowest BCUT2D eigenvalue weighted by atomic mass is 9.96. The minimum absolute atomic E-state index is 0.154. The van der Waals surface area contributed by atoms with E-state index in [1.165, 1.54) is 32.1 Å². The monoisotopic (exact) mass is 355 g/mol. The molecule has 1 saturated carbocycles. The third-order valence-electron chi connectivity index (χ3n) is 5.18. The number of benzene rings is 1. The molecule has 26 heavy (non-hydrogen) atoms. The van der Waals surface area contributed by atoms with Crippen molar-refractivity contribution >= 4 is 5.91 Å². The molecule has 1 fully saturated rings. The van der Waals surface area contributed by atoms with Gasteiger partial charge in [0.25, 0.3) is 0 Å². The summed E-state index contributed by atoms with van der Waals surface area (Å²) in [6, 6.07) is 10.2. The van der Waals surface area contributed by atoms with Crippen LogP contribution in [-0.2, 0) is 11.3 Å². The van der Waals surface area contributed by atoms with Crippen molar-refractivity contribution in [2.75, 3.05) is 0 Å². The van der Waals surface area contributed by atoms with Crippen LogP contribution in [-0.4, -0.2) is 32.2 Å². The predicted molar refractivity (Wildman–Crippen MR) is 101 cm³/mol. The van der Waals surface area contributed by atoms with Gasteiger partial charge in [-0.25, -0.2) is 0 Å². The Labute approximate surface area is 155 Å². The number of carbonyl (C=O) groups is 1. The van der Waals surface area contributed by atoms with Gasteiger partial charge in [-0.15, -0.1) is 10.2 Å². The summed E-state index contributed by atoms with van der Waals surface area (Å²) in [6.45, 7) is 2.83. The summed E-state index contributed by atoms with van der Waals surface area (Å²) in [4.78, 5) is 13.8. The third-order valence-corrected chi connectivity index (χ3v) is 5.18. The molecule has 2 aromatic rings. The predicted octanol–water partition coefficient (Wildman–Crippen LogP) is 3.60. The number of nitrogens with zero attached hydrogens (tertiary/aromatic N) is 4. The van der Waals surface area contributed by atoms with E-state index in [9.17, 15) is 4.79 Å². The van der Waals surface area contributed by atoms with Crippen LogP contribution in [0.4, 0.5) is 0 Å². The number of hydrogen-bond acceptors (Lipinski definition) is 4. The number of nitrogens with one attached hydrogen (secondary N) is 1. The molecule has 140 valence electrons. The van der Waals surface area contributed by atoms with Crippen LogP contribution in [0.5, 0.6) is 0 Å². The Bertz CT molecular complexity index is 685. The fourth-order valence-corrected chi connectivity index (χ4v) is 3.74. The fourth-order valence-electron chi connectivity index (χ4n) is 3.74. The van der Waals surface area contributed by atoms with E-state index in [4.69, 9.17) is 0 Å². The van der Waals surface area contributed by atoms with E-state index in [-0.39, 0.29) is 5.91 Å². The molecule has 1 aromatic heterocycles. The molecule has 0 saturated heterocycles. The molecule has 0 radical (unpaired) electrons. The summed E-state index contributed by atoms with van der Waals surface area (Å²) in [5.41, 5.74) is 0.954. The van der Waals surface area contributed by atoms with Crippen molar-refractivity contribution in [2.45, 2.75) is 70.9 Å². The van der Waals surface area contributed by atoms with Crippen LogP contribution in [0, 0.1) is 5.92 Å². The van der Waals surface area contributed by atoms with E-state index in [0.717, 1.165) is 18.4 Å². The molecule has 1 heterocycles. The number of hydrogen-bond donors (Lipinski definition) is 1. The quantitative estimate of drug-likeness (QED) is 0.746. The summed E-state index contributed by atoms with van der Waals surface area (Å²) >= 11 is 0. The molecule has 3 rings (SSSR count). The Morgan fingerprint density at radius 2 is 2.08 bits per heavy atom. The van der Waals surface area contributed by atoms with Crippen LogP contribution < -0.4 is 5.32 Å². The zero-order valence-corrected chi connectivity index (χ0v) is 15.6. The van der Waals surface area contributed by atoms with Crippen LogP contribution in [0.1, 0.15) is 58.3 Å². The summed E-state index contributed by atoms with van der Waals surface area (Å²) in [7, 11) is 0. The number of rotatable bonds is 9. The van der Waals surface area contributed by atoms with Crippen LogP contribution >= 0.6 is 0 Å². The van der Waals surface area contributed by atoms with Gasteiger partial charge in [0.05, 0.1) is 6.54 Å². The topological polar surface area (TPSA) is 72.7 Å². The van der Waals surface area contributed by atoms with Crippen LogP contribution in [0.25, 0.3) is 11.4 Å². The molecule has 0 aliphatic heterocycles. The number of aromatic nitrogens is 4. The number of amides is 1. The number of tetrazole rings is 1. The largest absolute Gasteiger partial charge is 0.353 e. The molecular weight excluding hydrogens is 326 g/mol. The van der Waals surface area contributed by atoms with Crippen molar-refractivity contribution in [2.24, 2.45) is 5.92 Å². The van der Waals surface area contributed by atoms with Crippen LogP contribution in [0.3, 0.4) is 0 Å². The lowest BCUT2D eigenvalue weighted by Crippen LogP contribution is -2.37. The smallest absolute Gasteiger partial charge is 0.220 e. The van der Waals surface area contributed by atoms with E-state index >= 15 is 0 Å². The SMILES string of the molecule is CCCCC1CCCC1NC(=O)CCCn1nnc(-c2ccccc2)n1. The maximum Gasteiger partial charge on any atom is 0.220 e. The lowest BCUT2D eigenvalue weighted by molar-refractivity contribution is -0.122. The number of carbonyl (C=O) groups excluding carboxylic acids is 1. The maximum atomic E-state index is 12.3. The van der Waals surface area contributed by atoms with Crippen LogP contribution in [0.2, 0.25) is 0 Å². The van der Waals surface area contributed by atoms with Crippen molar-refractivity contribution < 1.29 is 4.79 Å². The van der Waals surface area contributed by atoms with Gasteiger partial charge in [-0.05, 0) is 36.8 Å². The second kappa shape index (κ2) is 9.46. The molecular formula is C20H29N5O. The Morgan fingerprint density at radius 1 is 1.23 bits per heavy atom. The first-order valence-electron chi connectivity index (χ1n) is 9.89. The summed E-state index contributed by atoms with van der Waals surface area (Å²) < 4.78 is 0.